The van der Waals surface area contributed by atoms with Gasteiger partial charge in [0.2, 0.25) is 0 Å². The van der Waals surface area contributed by atoms with E-state index in [1.165, 1.54) is 23.0 Å². The highest BCUT2D eigenvalue weighted by atomic mass is 19.1. The predicted octanol–water partition coefficient (Wildman–Crippen LogP) is 3.80. The van der Waals surface area contributed by atoms with Crippen LogP contribution < -0.4 is 11.1 Å². The molecule has 7 nitrogen and oxygen atoms in total. The first kappa shape index (κ1) is 20.0. The molecule has 1 amide bonds. The Labute approximate surface area is 177 Å². The van der Waals surface area contributed by atoms with Crippen molar-refractivity contribution < 1.29 is 14.0 Å². The molecule has 0 fully saturated rings. The number of carbonyl (C=O) groups excluding carboxylic acids is 2. The van der Waals surface area contributed by atoms with Crippen LogP contribution in [0.15, 0.2) is 79.0 Å². The summed E-state index contributed by atoms with van der Waals surface area (Å²) in [6.07, 6.45) is 1.40. The minimum Gasteiger partial charge on any atom is -0.397 e. The molecule has 4 aromatic rings. The highest BCUT2D eigenvalue weighted by molar-refractivity contribution is 6.04. The Balaban J connectivity index is 1.48. The lowest BCUT2D eigenvalue weighted by molar-refractivity contribution is 0.0965. The van der Waals surface area contributed by atoms with E-state index in [1.807, 2.05) is 6.07 Å². The topological polar surface area (TPSA) is 103 Å². The summed E-state index contributed by atoms with van der Waals surface area (Å²) in [5.41, 5.74) is 8.89. The maximum Gasteiger partial charge on any atom is 0.277 e. The third kappa shape index (κ3) is 4.64. The summed E-state index contributed by atoms with van der Waals surface area (Å²) in [6.45, 7) is -0.0352. The number of amides is 1. The van der Waals surface area contributed by atoms with Crippen molar-refractivity contribution in [2.75, 3.05) is 11.1 Å². The molecule has 0 atom stereocenters. The Hall–Kier alpha value is -4.33. The lowest BCUT2D eigenvalue weighted by Crippen LogP contribution is -2.14. The second kappa shape index (κ2) is 8.58. The third-order valence-electron chi connectivity index (χ3n) is 4.65. The van der Waals surface area contributed by atoms with Crippen LogP contribution in [0.1, 0.15) is 20.8 Å². The van der Waals surface area contributed by atoms with Gasteiger partial charge in [-0.2, -0.15) is 0 Å². The average molecular weight is 415 g/mol. The van der Waals surface area contributed by atoms with E-state index >= 15 is 0 Å². The van der Waals surface area contributed by atoms with Gasteiger partial charge < -0.3 is 11.1 Å². The molecule has 1 aromatic heterocycles. The van der Waals surface area contributed by atoms with Gasteiger partial charge >= 0.3 is 0 Å². The molecule has 0 aliphatic heterocycles. The van der Waals surface area contributed by atoms with Crippen LogP contribution in [0.4, 0.5) is 15.8 Å². The molecule has 1 heterocycles. The van der Waals surface area contributed by atoms with Crippen molar-refractivity contribution in [3.8, 4) is 11.1 Å². The molecule has 31 heavy (non-hydrogen) atoms. The van der Waals surface area contributed by atoms with Crippen LogP contribution in [0.25, 0.3) is 11.1 Å². The van der Waals surface area contributed by atoms with Gasteiger partial charge in [-0.05, 0) is 35.4 Å². The Morgan fingerprint density at radius 1 is 0.968 bits per heavy atom. The molecule has 3 N–H and O–H groups in total. The SMILES string of the molecule is Nc1ccc(-c2ccc(F)cc2)cc1NC(=O)c1cn(CC(=O)c2ccccc2)nn1. The van der Waals surface area contributed by atoms with Crippen LogP contribution in [-0.4, -0.2) is 26.7 Å². The van der Waals surface area contributed by atoms with Gasteiger partial charge in [-0.1, -0.05) is 53.7 Å². The van der Waals surface area contributed by atoms with E-state index < -0.39 is 5.91 Å². The van der Waals surface area contributed by atoms with E-state index in [0.29, 0.717) is 16.9 Å². The monoisotopic (exact) mass is 415 g/mol. The minimum atomic E-state index is -0.513. The Bertz CT molecular complexity index is 1240. The lowest BCUT2D eigenvalue weighted by Gasteiger charge is -2.10. The first-order valence-corrected chi connectivity index (χ1v) is 9.45. The average Bonchev–Trinajstić information content (AvgIpc) is 3.25. The molecule has 0 aliphatic rings. The number of halogens is 1. The molecule has 0 spiro atoms. The number of nitrogens with zero attached hydrogens (tertiary/aromatic N) is 3. The van der Waals surface area contributed by atoms with Crippen molar-refractivity contribution in [2.24, 2.45) is 0 Å². The van der Waals surface area contributed by atoms with E-state index in [1.54, 1.807) is 54.6 Å². The Morgan fingerprint density at radius 3 is 2.42 bits per heavy atom. The van der Waals surface area contributed by atoms with Crippen LogP contribution in [-0.2, 0) is 6.54 Å². The molecule has 0 saturated heterocycles. The number of rotatable bonds is 6. The first-order valence-electron chi connectivity index (χ1n) is 9.45. The molecule has 0 bridgehead atoms. The Morgan fingerprint density at radius 2 is 1.68 bits per heavy atom. The van der Waals surface area contributed by atoms with Gasteiger partial charge in [0.15, 0.2) is 11.5 Å². The molecule has 154 valence electrons. The van der Waals surface area contributed by atoms with Crippen molar-refractivity contribution in [3.63, 3.8) is 0 Å². The molecule has 0 unspecified atom stereocenters. The van der Waals surface area contributed by atoms with Crippen LogP contribution in [0, 0.1) is 5.82 Å². The van der Waals surface area contributed by atoms with Gasteiger partial charge in [0.25, 0.3) is 5.91 Å². The number of carbonyl (C=O) groups is 2. The van der Waals surface area contributed by atoms with E-state index in [-0.39, 0.29) is 23.8 Å². The second-order valence-electron chi connectivity index (χ2n) is 6.85. The Kier molecular flexibility index (Phi) is 5.53. The highest BCUT2D eigenvalue weighted by Gasteiger charge is 2.15. The normalized spacial score (nSPS) is 10.6. The van der Waals surface area contributed by atoms with E-state index in [2.05, 4.69) is 15.6 Å². The van der Waals surface area contributed by atoms with Crippen molar-refractivity contribution in [1.82, 2.24) is 15.0 Å². The largest absolute Gasteiger partial charge is 0.397 e. The van der Waals surface area contributed by atoms with Crippen molar-refractivity contribution >= 4 is 23.1 Å². The van der Waals surface area contributed by atoms with Crippen molar-refractivity contribution in [3.05, 3.63) is 96.1 Å². The van der Waals surface area contributed by atoms with Crippen molar-refractivity contribution in [2.45, 2.75) is 6.54 Å². The molecule has 4 rings (SSSR count). The number of hydrogen-bond donors (Lipinski definition) is 2. The zero-order chi connectivity index (χ0) is 21.8. The molecule has 0 radical (unpaired) electrons. The molecular formula is C23H18FN5O2. The van der Waals surface area contributed by atoms with Crippen LogP contribution in [0.5, 0.6) is 0 Å². The standard InChI is InChI=1S/C23H18FN5O2/c24-18-9-6-15(7-10-18)17-8-11-19(25)20(12-17)26-23(31)21-13-29(28-27-21)14-22(30)16-4-2-1-3-5-16/h1-13H,14,25H2,(H,26,31). The number of aromatic nitrogens is 3. The maximum absolute atomic E-state index is 13.2. The quantitative estimate of drug-likeness (QED) is 0.368. The van der Waals surface area contributed by atoms with Gasteiger partial charge in [0.05, 0.1) is 17.6 Å². The fourth-order valence-corrected chi connectivity index (χ4v) is 3.01. The lowest BCUT2D eigenvalue weighted by atomic mass is 10.0. The van der Waals surface area contributed by atoms with E-state index in [9.17, 15) is 14.0 Å². The zero-order valence-corrected chi connectivity index (χ0v) is 16.3. The van der Waals surface area contributed by atoms with E-state index in [0.717, 1.165) is 11.1 Å². The molecule has 8 heteroatoms. The van der Waals surface area contributed by atoms with Gasteiger partial charge in [-0.15, -0.1) is 5.10 Å². The first-order chi connectivity index (χ1) is 15.0. The third-order valence-corrected chi connectivity index (χ3v) is 4.65. The van der Waals surface area contributed by atoms with Crippen LogP contribution >= 0.6 is 0 Å². The number of Topliss-reactive ketones (excluding diaryl/α,β-unsaturated/α-hetero) is 1. The highest BCUT2D eigenvalue weighted by Crippen LogP contribution is 2.27. The smallest absolute Gasteiger partial charge is 0.277 e. The number of benzene rings is 3. The summed E-state index contributed by atoms with van der Waals surface area (Å²) in [7, 11) is 0. The summed E-state index contributed by atoms with van der Waals surface area (Å²) >= 11 is 0. The summed E-state index contributed by atoms with van der Waals surface area (Å²) in [5.74, 6) is -0.989. The van der Waals surface area contributed by atoms with Gasteiger partial charge in [0, 0.05) is 5.56 Å². The number of anilines is 2. The number of nitrogens with two attached hydrogens (primary N) is 1. The number of ketones is 1. The fourth-order valence-electron chi connectivity index (χ4n) is 3.01. The summed E-state index contributed by atoms with van der Waals surface area (Å²) in [6, 6.07) is 19.9. The molecule has 0 saturated carbocycles. The number of hydrogen-bond acceptors (Lipinski definition) is 5. The molecule has 0 aliphatic carbocycles. The van der Waals surface area contributed by atoms with Crippen LogP contribution in [0.2, 0.25) is 0 Å². The van der Waals surface area contributed by atoms with E-state index in [4.69, 9.17) is 5.73 Å². The molecular weight excluding hydrogens is 397 g/mol. The predicted molar refractivity (Wildman–Crippen MR) is 115 cm³/mol. The van der Waals surface area contributed by atoms with Gasteiger partial charge in [-0.3, -0.25) is 9.59 Å². The van der Waals surface area contributed by atoms with Crippen LogP contribution in [0.3, 0.4) is 0 Å². The fraction of sp³-hybridized carbons (Fsp3) is 0.0435. The summed E-state index contributed by atoms with van der Waals surface area (Å²) in [5, 5.41) is 10.4. The number of nitrogen functional groups attached to an aromatic ring is 1. The summed E-state index contributed by atoms with van der Waals surface area (Å²) in [4.78, 5) is 24.9. The molecule has 3 aromatic carbocycles. The maximum atomic E-state index is 13.2. The van der Waals surface area contributed by atoms with Gasteiger partial charge in [-0.25, -0.2) is 9.07 Å². The second-order valence-corrected chi connectivity index (χ2v) is 6.85. The zero-order valence-electron chi connectivity index (χ0n) is 16.3. The number of nitrogens with one attached hydrogen (secondary N) is 1. The minimum absolute atomic E-state index is 0.0352. The summed E-state index contributed by atoms with van der Waals surface area (Å²) < 4.78 is 14.5. The van der Waals surface area contributed by atoms with Gasteiger partial charge in [0.1, 0.15) is 12.4 Å². The van der Waals surface area contributed by atoms with Crippen molar-refractivity contribution in [1.29, 1.82) is 0 Å².